The number of aliphatic hydroxyl groups is 1. The molecule has 0 aliphatic heterocycles. The van der Waals surface area contributed by atoms with Gasteiger partial charge in [-0.15, -0.1) is 0 Å². The van der Waals surface area contributed by atoms with Crippen LogP contribution in [0.2, 0.25) is 0 Å². The Balaban J connectivity index is 2.67. The third-order valence-corrected chi connectivity index (χ3v) is 2.45. The van der Waals surface area contributed by atoms with E-state index in [1.54, 1.807) is 0 Å². The summed E-state index contributed by atoms with van der Waals surface area (Å²) in [6.07, 6.45) is 2.46. The van der Waals surface area contributed by atoms with Crippen molar-refractivity contribution in [1.82, 2.24) is 0 Å². The molecule has 1 N–H and O–H groups in total. The predicted molar refractivity (Wildman–Crippen MR) is 55.7 cm³/mol. The average molecular weight is 178 g/mol. The lowest BCUT2D eigenvalue weighted by Gasteiger charge is -2.10. The molecule has 0 aliphatic rings. The van der Waals surface area contributed by atoms with Gasteiger partial charge >= 0.3 is 0 Å². The van der Waals surface area contributed by atoms with E-state index in [0.717, 1.165) is 5.56 Å². The quantitative estimate of drug-likeness (QED) is 0.751. The largest absolute Gasteiger partial charge is 0.392 e. The van der Waals surface area contributed by atoms with Gasteiger partial charge in [0.15, 0.2) is 0 Å². The van der Waals surface area contributed by atoms with Crippen LogP contribution in [0.3, 0.4) is 0 Å². The Bertz CT molecular complexity index is 238. The van der Waals surface area contributed by atoms with E-state index >= 15 is 0 Å². The Kier molecular flexibility index (Phi) is 3.97. The van der Waals surface area contributed by atoms with Crippen molar-refractivity contribution in [3.8, 4) is 0 Å². The highest BCUT2D eigenvalue weighted by atomic mass is 16.3. The first-order valence-electron chi connectivity index (χ1n) is 4.97. The number of benzene rings is 1. The Hall–Kier alpha value is -0.820. The molecule has 0 saturated carbocycles. The van der Waals surface area contributed by atoms with Crippen molar-refractivity contribution in [2.45, 2.75) is 39.2 Å². The summed E-state index contributed by atoms with van der Waals surface area (Å²) < 4.78 is 0. The number of hydrogen-bond donors (Lipinski definition) is 1. The minimum atomic E-state index is 0.141. The van der Waals surface area contributed by atoms with Gasteiger partial charge < -0.3 is 5.11 Å². The van der Waals surface area contributed by atoms with E-state index < -0.39 is 0 Å². The van der Waals surface area contributed by atoms with Crippen LogP contribution in [0, 0.1) is 0 Å². The third-order valence-electron chi connectivity index (χ3n) is 2.45. The molecule has 72 valence electrons. The second kappa shape index (κ2) is 5.03. The maximum Gasteiger partial charge on any atom is 0.0681 e. The van der Waals surface area contributed by atoms with Crippen molar-refractivity contribution in [2.75, 3.05) is 0 Å². The first-order chi connectivity index (χ1) is 6.27. The Morgan fingerprint density at radius 2 is 1.85 bits per heavy atom. The van der Waals surface area contributed by atoms with Crippen LogP contribution >= 0.6 is 0 Å². The molecule has 0 aliphatic carbocycles. The van der Waals surface area contributed by atoms with E-state index in [0.29, 0.717) is 5.92 Å². The number of rotatable bonds is 4. The fraction of sp³-hybridized carbons (Fsp3) is 0.500. The molecule has 1 nitrogen and oxygen atoms in total. The third kappa shape index (κ3) is 2.85. The molecule has 0 fully saturated rings. The van der Waals surface area contributed by atoms with Crippen LogP contribution in [0.5, 0.6) is 0 Å². The normalized spacial score (nSPS) is 12.8. The first-order valence-corrected chi connectivity index (χ1v) is 4.97. The number of hydrogen-bond acceptors (Lipinski definition) is 1. The maximum atomic E-state index is 8.87. The van der Waals surface area contributed by atoms with E-state index in [1.165, 1.54) is 18.4 Å². The molecule has 0 saturated heterocycles. The molecule has 13 heavy (non-hydrogen) atoms. The zero-order valence-corrected chi connectivity index (χ0v) is 8.46. The van der Waals surface area contributed by atoms with Gasteiger partial charge in [-0.2, -0.15) is 0 Å². The molecule has 0 spiro atoms. The van der Waals surface area contributed by atoms with Gasteiger partial charge in [-0.1, -0.05) is 44.5 Å². The van der Waals surface area contributed by atoms with Gasteiger partial charge in [0.2, 0.25) is 0 Å². The lowest BCUT2D eigenvalue weighted by Crippen LogP contribution is -1.93. The summed E-state index contributed by atoms with van der Waals surface area (Å²) >= 11 is 0. The van der Waals surface area contributed by atoms with Crippen LogP contribution < -0.4 is 0 Å². The summed E-state index contributed by atoms with van der Waals surface area (Å²) in [5.74, 6) is 0.637. The van der Waals surface area contributed by atoms with Gasteiger partial charge in [0.05, 0.1) is 6.61 Å². The molecule has 1 aromatic carbocycles. The molecular formula is C12H18O. The molecule has 0 radical (unpaired) electrons. The summed E-state index contributed by atoms with van der Waals surface area (Å²) in [5.41, 5.74) is 2.37. The van der Waals surface area contributed by atoms with Crippen molar-refractivity contribution in [3.05, 3.63) is 35.4 Å². The summed E-state index contributed by atoms with van der Waals surface area (Å²) in [7, 11) is 0. The van der Waals surface area contributed by atoms with E-state index in [9.17, 15) is 0 Å². The minimum absolute atomic E-state index is 0.141. The summed E-state index contributed by atoms with van der Waals surface area (Å²) in [5, 5.41) is 8.87. The average Bonchev–Trinajstić information content (AvgIpc) is 2.18. The van der Waals surface area contributed by atoms with Crippen LogP contribution in [-0.2, 0) is 6.61 Å². The van der Waals surface area contributed by atoms with Crippen LogP contribution in [0.4, 0.5) is 0 Å². The van der Waals surface area contributed by atoms with Gasteiger partial charge in [-0.05, 0) is 23.5 Å². The monoisotopic (exact) mass is 178 g/mol. The van der Waals surface area contributed by atoms with Crippen molar-refractivity contribution < 1.29 is 5.11 Å². The molecular weight excluding hydrogens is 160 g/mol. The van der Waals surface area contributed by atoms with Crippen molar-refractivity contribution in [1.29, 1.82) is 0 Å². The topological polar surface area (TPSA) is 20.2 Å². The second-order valence-electron chi connectivity index (χ2n) is 3.59. The zero-order chi connectivity index (χ0) is 9.68. The van der Waals surface area contributed by atoms with E-state index in [4.69, 9.17) is 5.11 Å². The number of aliphatic hydroxyl groups excluding tert-OH is 1. The lowest BCUT2D eigenvalue weighted by molar-refractivity contribution is 0.282. The molecule has 1 atom stereocenters. The van der Waals surface area contributed by atoms with Crippen LogP contribution in [0.25, 0.3) is 0 Å². The van der Waals surface area contributed by atoms with E-state index in [2.05, 4.69) is 26.0 Å². The summed E-state index contributed by atoms with van der Waals surface area (Å²) in [4.78, 5) is 0. The minimum Gasteiger partial charge on any atom is -0.392 e. The predicted octanol–water partition coefficient (Wildman–Crippen LogP) is 3.08. The Labute approximate surface area is 80.4 Å². The molecule has 1 aromatic rings. The van der Waals surface area contributed by atoms with Gasteiger partial charge in [0.25, 0.3) is 0 Å². The lowest BCUT2D eigenvalue weighted by atomic mass is 9.96. The fourth-order valence-corrected chi connectivity index (χ4v) is 1.55. The highest BCUT2D eigenvalue weighted by molar-refractivity contribution is 5.24. The van der Waals surface area contributed by atoms with Crippen molar-refractivity contribution in [3.63, 3.8) is 0 Å². The highest BCUT2D eigenvalue weighted by Gasteiger charge is 2.03. The zero-order valence-electron chi connectivity index (χ0n) is 8.46. The molecule has 0 aromatic heterocycles. The molecule has 0 heterocycles. The fourth-order valence-electron chi connectivity index (χ4n) is 1.55. The van der Waals surface area contributed by atoms with E-state index in [-0.39, 0.29) is 6.61 Å². The van der Waals surface area contributed by atoms with Crippen LogP contribution in [0.1, 0.15) is 43.7 Å². The Morgan fingerprint density at radius 1 is 1.23 bits per heavy atom. The van der Waals surface area contributed by atoms with Crippen LogP contribution in [-0.4, -0.2) is 5.11 Å². The highest BCUT2D eigenvalue weighted by Crippen LogP contribution is 2.20. The molecule has 0 bridgehead atoms. The second-order valence-corrected chi connectivity index (χ2v) is 3.59. The van der Waals surface area contributed by atoms with Crippen LogP contribution in [0.15, 0.2) is 24.3 Å². The van der Waals surface area contributed by atoms with Gasteiger partial charge in [-0.3, -0.25) is 0 Å². The van der Waals surface area contributed by atoms with Crippen molar-refractivity contribution in [2.24, 2.45) is 0 Å². The summed E-state index contributed by atoms with van der Waals surface area (Å²) in [6, 6.07) is 8.24. The summed E-state index contributed by atoms with van der Waals surface area (Å²) in [6.45, 7) is 4.60. The molecule has 0 amide bonds. The van der Waals surface area contributed by atoms with Gasteiger partial charge in [0.1, 0.15) is 0 Å². The Morgan fingerprint density at radius 3 is 2.31 bits per heavy atom. The van der Waals surface area contributed by atoms with E-state index in [1.807, 2.05) is 12.1 Å². The maximum absolute atomic E-state index is 8.87. The standard InChI is InChI=1S/C12H18O/c1-3-4-10(2)12-7-5-11(9-13)6-8-12/h5-8,10,13H,3-4,9H2,1-2H3. The van der Waals surface area contributed by atoms with Gasteiger partial charge in [-0.25, -0.2) is 0 Å². The molecule has 1 rings (SSSR count). The first kappa shape index (κ1) is 10.3. The smallest absolute Gasteiger partial charge is 0.0681 e. The SMILES string of the molecule is CCCC(C)c1ccc(CO)cc1. The van der Waals surface area contributed by atoms with Gasteiger partial charge in [0, 0.05) is 0 Å². The van der Waals surface area contributed by atoms with Crippen molar-refractivity contribution >= 4 is 0 Å². The molecule has 1 heteroatoms. The molecule has 1 unspecified atom stereocenters.